The maximum Gasteiger partial charge on any atom is 0.321 e. The number of thioether (sulfide) groups is 1. The number of thiophene rings is 1. The third kappa shape index (κ3) is 2.96. The first-order valence-electron chi connectivity index (χ1n) is 7.80. The molecule has 0 aliphatic carbocycles. The van der Waals surface area contributed by atoms with Crippen LogP contribution in [0.15, 0.2) is 29.3 Å². The maximum atomic E-state index is 12.6. The van der Waals surface area contributed by atoms with Gasteiger partial charge in [0.25, 0.3) is 5.91 Å². The lowest BCUT2D eigenvalue weighted by atomic mass is 10.00. The quantitative estimate of drug-likeness (QED) is 0.749. The Morgan fingerprint density at radius 1 is 1.44 bits per heavy atom. The van der Waals surface area contributed by atoms with Crippen LogP contribution in [0.1, 0.15) is 20.3 Å². The van der Waals surface area contributed by atoms with E-state index in [1.807, 2.05) is 5.38 Å². The van der Waals surface area contributed by atoms with Gasteiger partial charge in [-0.1, -0.05) is 6.92 Å². The number of hydrogen-bond acceptors (Lipinski definition) is 6. The molecule has 25 heavy (non-hydrogen) atoms. The zero-order valence-electron chi connectivity index (χ0n) is 13.7. The van der Waals surface area contributed by atoms with Crippen LogP contribution in [0.25, 0.3) is 0 Å². The van der Waals surface area contributed by atoms with Crippen LogP contribution in [-0.4, -0.2) is 55.7 Å². The molecule has 2 aliphatic rings. The van der Waals surface area contributed by atoms with Crippen LogP contribution in [0.4, 0.5) is 5.00 Å². The molecule has 3 heterocycles. The Kier molecular flexibility index (Phi) is 4.90. The van der Waals surface area contributed by atoms with Crippen LogP contribution < -0.4 is 4.90 Å². The third-order valence-electron chi connectivity index (χ3n) is 4.27. The number of β-lactam (4-membered cyclic amide) rings is 1. The summed E-state index contributed by atoms with van der Waals surface area (Å²) in [5, 5.41) is 20.6. The molecule has 7 nitrogen and oxygen atoms in total. The van der Waals surface area contributed by atoms with Gasteiger partial charge in [0, 0.05) is 13.1 Å². The molecule has 0 aromatic carbocycles. The van der Waals surface area contributed by atoms with Crippen LogP contribution in [0.3, 0.4) is 0 Å². The highest BCUT2D eigenvalue weighted by Gasteiger charge is 2.56. The Morgan fingerprint density at radius 2 is 2.16 bits per heavy atom. The predicted molar refractivity (Wildman–Crippen MR) is 95.3 cm³/mol. The predicted octanol–water partition coefficient (Wildman–Crippen LogP) is 1.49. The molecule has 2 N–H and O–H groups in total. The summed E-state index contributed by atoms with van der Waals surface area (Å²) >= 11 is 2.43. The molecule has 9 heteroatoms. The molecule has 0 spiro atoms. The molecular weight excluding hydrogens is 364 g/mol. The van der Waals surface area contributed by atoms with Crippen LogP contribution in [0.5, 0.6) is 0 Å². The maximum absolute atomic E-state index is 12.6. The van der Waals surface area contributed by atoms with E-state index in [1.54, 1.807) is 19.1 Å². The van der Waals surface area contributed by atoms with Crippen molar-refractivity contribution in [2.24, 2.45) is 0 Å². The van der Waals surface area contributed by atoms with E-state index in [4.69, 9.17) is 0 Å². The Morgan fingerprint density at radius 3 is 2.68 bits per heavy atom. The fourth-order valence-corrected chi connectivity index (χ4v) is 5.29. The number of carboxylic acid groups (broad SMARTS) is 1. The van der Waals surface area contributed by atoms with Gasteiger partial charge < -0.3 is 15.1 Å². The van der Waals surface area contributed by atoms with Crippen molar-refractivity contribution >= 4 is 45.9 Å². The highest BCUT2D eigenvalue weighted by atomic mass is 32.2. The fourth-order valence-electron chi connectivity index (χ4n) is 3.02. The van der Waals surface area contributed by atoms with Gasteiger partial charge in [-0.3, -0.25) is 19.3 Å². The SMILES string of the molecule is CCC(O)C1=CN2C(=O)C(N(C(C)=O)c3cccs3)[C@H]2SC1C(=O)O. The minimum absolute atomic E-state index is 0.267. The molecule has 1 aromatic rings. The Bertz CT molecular complexity index is 733. The van der Waals surface area contributed by atoms with Gasteiger partial charge in [0.05, 0.1) is 11.1 Å². The highest BCUT2D eigenvalue weighted by Crippen LogP contribution is 2.45. The topological polar surface area (TPSA) is 98.2 Å². The standard InChI is InChI=1S/C16H18N2O5S2/c1-3-10(20)9-7-17-14(21)12(15(17)25-13(9)16(22)23)18(8(2)19)11-5-4-6-24-11/h4-7,10,12-13,15,20H,3H2,1-2H3,(H,22,23)/t10?,12?,13?,15-/m1/s1. The van der Waals surface area contributed by atoms with Crippen molar-refractivity contribution in [3.63, 3.8) is 0 Å². The van der Waals surface area contributed by atoms with Crippen LogP contribution in [-0.2, 0) is 14.4 Å². The van der Waals surface area contributed by atoms with Crippen LogP contribution in [0, 0.1) is 0 Å². The summed E-state index contributed by atoms with van der Waals surface area (Å²) < 4.78 is 0. The molecule has 0 bridgehead atoms. The number of fused-ring (bicyclic) bond motifs is 1. The molecule has 0 radical (unpaired) electrons. The number of aliphatic carboxylic acids is 1. The molecule has 2 aliphatic heterocycles. The van der Waals surface area contributed by atoms with E-state index < -0.39 is 28.7 Å². The van der Waals surface area contributed by atoms with Gasteiger partial charge in [0.15, 0.2) is 0 Å². The number of rotatable bonds is 5. The number of anilines is 1. The largest absolute Gasteiger partial charge is 0.480 e. The van der Waals surface area contributed by atoms with Gasteiger partial charge in [-0.15, -0.1) is 23.1 Å². The second-order valence-electron chi connectivity index (χ2n) is 5.83. The molecule has 3 unspecified atom stereocenters. The lowest BCUT2D eigenvalue weighted by Gasteiger charge is -2.52. The van der Waals surface area contributed by atoms with Crippen LogP contribution >= 0.6 is 23.1 Å². The van der Waals surface area contributed by atoms with Crippen molar-refractivity contribution in [3.8, 4) is 0 Å². The van der Waals surface area contributed by atoms with E-state index in [1.165, 1.54) is 34.3 Å². The number of hydrogen-bond donors (Lipinski definition) is 2. The van der Waals surface area contributed by atoms with Crippen molar-refractivity contribution in [1.29, 1.82) is 0 Å². The fraction of sp³-hybridized carbons (Fsp3) is 0.438. The average molecular weight is 382 g/mol. The molecule has 4 atom stereocenters. The van der Waals surface area contributed by atoms with Gasteiger partial charge in [-0.05, 0) is 29.5 Å². The number of carbonyl (C=O) groups is 3. The first-order chi connectivity index (χ1) is 11.9. The molecule has 2 amide bonds. The second-order valence-corrected chi connectivity index (χ2v) is 7.98. The van der Waals surface area contributed by atoms with Crippen LogP contribution in [0.2, 0.25) is 0 Å². The number of carboxylic acids is 1. The van der Waals surface area contributed by atoms with E-state index in [0.29, 0.717) is 17.0 Å². The molecule has 1 fully saturated rings. The monoisotopic (exact) mass is 382 g/mol. The summed E-state index contributed by atoms with van der Waals surface area (Å²) in [6.07, 6.45) is 0.892. The summed E-state index contributed by atoms with van der Waals surface area (Å²) in [6, 6.07) is 2.81. The van der Waals surface area contributed by atoms with Crippen molar-refractivity contribution in [1.82, 2.24) is 4.90 Å². The Labute approximate surface area is 152 Å². The molecular formula is C16H18N2O5S2. The van der Waals surface area contributed by atoms with E-state index in [-0.39, 0.29) is 11.8 Å². The summed E-state index contributed by atoms with van der Waals surface area (Å²) in [6.45, 7) is 3.14. The summed E-state index contributed by atoms with van der Waals surface area (Å²) in [7, 11) is 0. The normalized spacial score (nSPS) is 26.4. The van der Waals surface area contributed by atoms with E-state index in [0.717, 1.165) is 11.8 Å². The third-order valence-corrected chi connectivity index (χ3v) is 6.65. The van der Waals surface area contributed by atoms with E-state index in [2.05, 4.69) is 0 Å². The van der Waals surface area contributed by atoms with Gasteiger partial charge in [0.1, 0.15) is 16.7 Å². The highest BCUT2D eigenvalue weighted by molar-refractivity contribution is 8.01. The summed E-state index contributed by atoms with van der Waals surface area (Å²) in [5.41, 5.74) is 0.313. The van der Waals surface area contributed by atoms with E-state index >= 15 is 0 Å². The zero-order valence-corrected chi connectivity index (χ0v) is 15.3. The van der Waals surface area contributed by atoms with Gasteiger partial charge >= 0.3 is 5.97 Å². The minimum Gasteiger partial charge on any atom is -0.480 e. The number of amides is 2. The average Bonchev–Trinajstić information content (AvgIpc) is 3.10. The smallest absolute Gasteiger partial charge is 0.321 e. The lowest BCUT2D eigenvalue weighted by Crippen LogP contribution is -2.70. The van der Waals surface area contributed by atoms with Gasteiger partial charge in [-0.2, -0.15) is 0 Å². The van der Waals surface area contributed by atoms with Crippen molar-refractivity contribution in [3.05, 3.63) is 29.3 Å². The molecule has 1 aromatic heterocycles. The number of aliphatic hydroxyl groups is 1. The molecule has 0 saturated carbocycles. The zero-order chi connectivity index (χ0) is 18.3. The molecule has 3 rings (SSSR count). The van der Waals surface area contributed by atoms with Gasteiger partial charge in [-0.25, -0.2) is 0 Å². The first-order valence-corrected chi connectivity index (χ1v) is 9.62. The van der Waals surface area contributed by atoms with Crippen molar-refractivity contribution in [2.45, 2.75) is 43.0 Å². The van der Waals surface area contributed by atoms with E-state index in [9.17, 15) is 24.6 Å². The number of nitrogens with zero attached hydrogens (tertiary/aromatic N) is 2. The first kappa shape index (κ1) is 18.0. The summed E-state index contributed by atoms with van der Waals surface area (Å²) in [4.78, 5) is 39.2. The number of aliphatic hydroxyl groups excluding tert-OH is 1. The number of carbonyl (C=O) groups excluding carboxylic acids is 2. The molecule has 134 valence electrons. The van der Waals surface area contributed by atoms with Crippen molar-refractivity contribution in [2.75, 3.05) is 4.90 Å². The minimum atomic E-state index is -1.06. The second kappa shape index (κ2) is 6.81. The van der Waals surface area contributed by atoms with Crippen molar-refractivity contribution < 1.29 is 24.6 Å². The van der Waals surface area contributed by atoms with Gasteiger partial charge in [0.2, 0.25) is 5.91 Å². The molecule has 1 saturated heterocycles. The lowest BCUT2D eigenvalue weighted by molar-refractivity contribution is -0.143. The summed E-state index contributed by atoms with van der Waals surface area (Å²) in [5.74, 6) is -1.60. The Balaban J connectivity index is 1.93. The Hall–Kier alpha value is -1.84.